The fourth-order valence-corrected chi connectivity index (χ4v) is 2.57. The maximum absolute atomic E-state index is 9.33. The Morgan fingerprint density at radius 2 is 1.78 bits per heavy atom. The first-order valence-electron chi connectivity index (χ1n) is 6.55. The van der Waals surface area contributed by atoms with Crippen molar-refractivity contribution in [1.82, 2.24) is 5.32 Å². The van der Waals surface area contributed by atoms with Crippen LogP contribution in [0.5, 0.6) is 0 Å². The second-order valence-electron chi connectivity index (χ2n) is 4.92. The van der Waals surface area contributed by atoms with Gasteiger partial charge in [0, 0.05) is 6.54 Å². The van der Waals surface area contributed by atoms with Crippen LogP contribution in [0.4, 0.5) is 0 Å². The lowest BCUT2D eigenvalue weighted by Gasteiger charge is -2.31. The lowest BCUT2D eigenvalue weighted by Crippen LogP contribution is -3.00. The molecular weight excluding hydrogens is 244 g/mol. The van der Waals surface area contributed by atoms with E-state index >= 15 is 0 Å². The predicted octanol–water partition coefficient (Wildman–Crippen LogP) is 0.0492. The topological polar surface area (TPSA) is 35.8 Å². The first kappa shape index (κ1) is 15.0. The van der Waals surface area contributed by atoms with Gasteiger partial charge in [-0.25, -0.2) is 0 Å². The molecule has 0 aliphatic heterocycles. The van der Waals surface area contributed by atoms with E-state index in [9.17, 15) is 5.26 Å². The van der Waals surface area contributed by atoms with Crippen LogP contribution in [-0.2, 0) is 6.42 Å². The number of nitrogens with zero attached hydrogens (tertiary/aromatic N) is 1. The molecule has 18 heavy (non-hydrogen) atoms. The van der Waals surface area contributed by atoms with Crippen molar-refractivity contribution in [3.63, 3.8) is 0 Å². The lowest BCUT2D eigenvalue weighted by molar-refractivity contribution is -0.00000401. The van der Waals surface area contributed by atoms with Crippen LogP contribution in [0.1, 0.15) is 37.7 Å². The Labute approximate surface area is 116 Å². The van der Waals surface area contributed by atoms with Crippen molar-refractivity contribution in [1.29, 1.82) is 5.26 Å². The van der Waals surface area contributed by atoms with E-state index in [1.165, 1.54) is 24.8 Å². The zero-order valence-electron chi connectivity index (χ0n) is 10.7. The van der Waals surface area contributed by atoms with E-state index in [0.717, 1.165) is 25.8 Å². The number of hydrogen-bond donors (Lipinski definition) is 1. The fraction of sp³-hybridized carbons (Fsp3) is 0.533. The standard InChI is InChI=1S/C15H20N2.ClH/c16-13-15(10-5-2-6-11-15)17-12-9-14-7-3-1-4-8-14;/h1,3-4,7-8,17H,2,5-6,9-12H2;1H/p-1. The molecule has 0 unspecified atom stereocenters. The Bertz CT molecular complexity index is 377. The van der Waals surface area contributed by atoms with Gasteiger partial charge in [0.1, 0.15) is 5.54 Å². The Balaban J connectivity index is 0.00000162. The highest BCUT2D eigenvalue weighted by Crippen LogP contribution is 2.27. The second kappa shape index (κ2) is 7.41. The molecule has 1 N–H and O–H groups in total. The summed E-state index contributed by atoms with van der Waals surface area (Å²) in [5, 5.41) is 12.8. The highest BCUT2D eigenvalue weighted by Gasteiger charge is 2.30. The third-order valence-electron chi connectivity index (χ3n) is 3.64. The Hall–Kier alpha value is -1.04. The molecule has 0 amide bonds. The molecule has 1 aliphatic rings. The fourth-order valence-electron chi connectivity index (χ4n) is 2.57. The van der Waals surface area contributed by atoms with Crippen molar-refractivity contribution in [3.05, 3.63) is 35.9 Å². The molecule has 0 heterocycles. The molecule has 1 aromatic rings. The van der Waals surface area contributed by atoms with E-state index in [0.29, 0.717) is 0 Å². The molecule has 2 nitrogen and oxygen atoms in total. The molecule has 1 aliphatic carbocycles. The van der Waals surface area contributed by atoms with E-state index in [1.54, 1.807) is 0 Å². The average Bonchev–Trinajstić information content (AvgIpc) is 2.41. The van der Waals surface area contributed by atoms with Crippen molar-refractivity contribution in [2.45, 2.75) is 44.1 Å². The van der Waals surface area contributed by atoms with E-state index in [1.807, 2.05) is 6.07 Å². The predicted molar refractivity (Wildman–Crippen MR) is 69.6 cm³/mol. The van der Waals surface area contributed by atoms with Gasteiger partial charge >= 0.3 is 0 Å². The smallest absolute Gasteiger partial charge is 0.106 e. The summed E-state index contributed by atoms with van der Waals surface area (Å²) in [5.74, 6) is 0. The second-order valence-corrected chi connectivity index (χ2v) is 4.92. The van der Waals surface area contributed by atoms with Gasteiger partial charge in [0.05, 0.1) is 6.07 Å². The van der Waals surface area contributed by atoms with Gasteiger partial charge in [0.15, 0.2) is 0 Å². The van der Waals surface area contributed by atoms with Gasteiger partial charge < -0.3 is 12.4 Å². The van der Waals surface area contributed by atoms with Crippen molar-refractivity contribution >= 4 is 0 Å². The molecule has 3 heteroatoms. The van der Waals surface area contributed by atoms with Crippen LogP contribution in [0.15, 0.2) is 30.3 Å². The molecule has 2 rings (SSSR count). The normalized spacial score (nSPS) is 17.5. The van der Waals surface area contributed by atoms with Crippen molar-refractivity contribution in [3.8, 4) is 6.07 Å². The summed E-state index contributed by atoms with van der Waals surface area (Å²) in [6.45, 7) is 0.900. The maximum atomic E-state index is 9.33. The highest BCUT2D eigenvalue weighted by molar-refractivity contribution is 5.15. The molecule has 0 radical (unpaired) electrons. The van der Waals surface area contributed by atoms with Gasteiger partial charge in [-0.2, -0.15) is 5.26 Å². The molecule has 0 saturated heterocycles. The third-order valence-corrected chi connectivity index (χ3v) is 3.64. The molecule has 0 aromatic heterocycles. The van der Waals surface area contributed by atoms with Gasteiger partial charge in [-0.1, -0.05) is 49.6 Å². The Kier molecular flexibility index (Phi) is 6.18. The van der Waals surface area contributed by atoms with Crippen LogP contribution in [0, 0.1) is 11.3 Å². The molecule has 1 saturated carbocycles. The molecule has 98 valence electrons. The maximum Gasteiger partial charge on any atom is 0.106 e. The lowest BCUT2D eigenvalue weighted by atomic mass is 9.83. The zero-order valence-corrected chi connectivity index (χ0v) is 11.4. The van der Waals surface area contributed by atoms with Crippen molar-refractivity contribution in [2.24, 2.45) is 0 Å². The quantitative estimate of drug-likeness (QED) is 0.833. The summed E-state index contributed by atoms with van der Waals surface area (Å²) in [6.07, 6.45) is 6.68. The number of rotatable bonds is 4. The Morgan fingerprint density at radius 1 is 1.11 bits per heavy atom. The van der Waals surface area contributed by atoms with Gasteiger partial charge in [0.25, 0.3) is 0 Å². The number of hydrogen-bond acceptors (Lipinski definition) is 2. The van der Waals surface area contributed by atoms with E-state index in [-0.39, 0.29) is 17.9 Å². The molecule has 0 bridgehead atoms. The summed E-state index contributed by atoms with van der Waals surface area (Å²) in [5.41, 5.74) is 1.09. The van der Waals surface area contributed by atoms with Gasteiger partial charge in [-0.05, 0) is 24.8 Å². The van der Waals surface area contributed by atoms with Gasteiger partial charge in [0.2, 0.25) is 0 Å². The Morgan fingerprint density at radius 3 is 2.39 bits per heavy atom. The number of benzene rings is 1. The van der Waals surface area contributed by atoms with E-state index < -0.39 is 0 Å². The minimum absolute atomic E-state index is 0. The molecule has 0 atom stereocenters. The van der Waals surface area contributed by atoms with Crippen LogP contribution in [0.3, 0.4) is 0 Å². The monoisotopic (exact) mass is 263 g/mol. The number of halogens is 1. The van der Waals surface area contributed by atoms with Gasteiger partial charge in [-0.15, -0.1) is 0 Å². The SMILES string of the molecule is N#CC1(NCCc2ccccc2)CCCCC1.[Cl-]. The zero-order chi connectivity index (χ0) is 12.0. The third kappa shape index (κ3) is 4.01. The van der Waals surface area contributed by atoms with Crippen LogP contribution in [-0.4, -0.2) is 12.1 Å². The number of nitrogens with one attached hydrogen (secondary N) is 1. The molecular formula is C15H20ClN2-. The first-order valence-corrected chi connectivity index (χ1v) is 6.55. The first-order chi connectivity index (χ1) is 8.35. The highest BCUT2D eigenvalue weighted by atomic mass is 35.5. The summed E-state index contributed by atoms with van der Waals surface area (Å²) in [4.78, 5) is 0. The molecule has 0 spiro atoms. The largest absolute Gasteiger partial charge is 1.00 e. The summed E-state index contributed by atoms with van der Waals surface area (Å²) in [6, 6.07) is 12.9. The average molecular weight is 264 g/mol. The minimum atomic E-state index is -0.243. The molecule has 1 fully saturated rings. The van der Waals surface area contributed by atoms with Crippen LogP contribution >= 0.6 is 0 Å². The molecule has 1 aromatic carbocycles. The summed E-state index contributed by atoms with van der Waals surface area (Å²) in [7, 11) is 0. The van der Waals surface area contributed by atoms with Crippen LogP contribution < -0.4 is 17.7 Å². The van der Waals surface area contributed by atoms with Crippen LogP contribution in [0.25, 0.3) is 0 Å². The number of nitriles is 1. The summed E-state index contributed by atoms with van der Waals surface area (Å²) < 4.78 is 0. The van der Waals surface area contributed by atoms with E-state index in [4.69, 9.17) is 0 Å². The van der Waals surface area contributed by atoms with Crippen molar-refractivity contribution < 1.29 is 12.4 Å². The van der Waals surface area contributed by atoms with Gasteiger partial charge in [-0.3, -0.25) is 5.32 Å². The summed E-state index contributed by atoms with van der Waals surface area (Å²) >= 11 is 0. The van der Waals surface area contributed by atoms with Crippen LogP contribution in [0.2, 0.25) is 0 Å². The minimum Gasteiger partial charge on any atom is -1.00 e. The van der Waals surface area contributed by atoms with E-state index in [2.05, 4.69) is 35.7 Å². The van der Waals surface area contributed by atoms with Crippen molar-refractivity contribution in [2.75, 3.05) is 6.54 Å².